The molecule has 0 radical (unpaired) electrons. The van der Waals surface area contributed by atoms with Crippen LogP contribution < -0.4 is 10.1 Å². The average Bonchev–Trinajstić information content (AvgIpc) is 2.88. The molecule has 0 amide bonds. The lowest BCUT2D eigenvalue weighted by Crippen LogP contribution is -2.00. The number of ether oxygens (including phenoxy) is 1. The van der Waals surface area contributed by atoms with Gasteiger partial charge >= 0.3 is 0 Å². The Bertz CT molecular complexity index is 722. The summed E-state index contributed by atoms with van der Waals surface area (Å²) in [6.45, 7) is 0.545. The SMILES string of the molecule is COc1ccc2[nH]c(CNc3ccc(O)cc3)nc2n1. The molecule has 20 heavy (non-hydrogen) atoms. The highest BCUT2D eigenvalue weighted by Gasteiger charge is 2.05. The molecule has 0 unspecified atom stereocenters. The molecule has 0 saturated heterocycles. The van der Waals surface area contributed by atoms with Crippen LogP contribution in [0.2, 0.25) is 0 Å². The molecule has 3 rings (SSSR count). The average molecular weight is 270 g/mol. The second kappa shape index (κ2) is 5.08. The molecule has 0 aliphatic carbocycles. The second-order valence-electron chi connectivity index (χ2n) is 4.31. The van der Waals surface area contributed by atoms with Gasteiger partial charge in [0.1, 0.15) is 11.6 Å². The van der Waals surface area contributed by atoms with Gasteiger partial charge in [-0.3, -0.25) is 0 Å². The molecule has 3 aromatic rings. The Morgan fingerprint density at radius 2 is 1.95 bits per heavy atom. The predicted molar refractivity (Wildman–Crippen MR) is 75.9 cm³/mol. The lowest BCUT2D eigenvalue weighted by molar-refractivity contribution is 0.399. The maximum Gasteiger partial charge on any atom is 0.215 e. The first-order chi connectivity index (χ1) is 9.74. The van der Waals surface area contributed by atoms with Crippen molar-refractivity contribution in [3.63, 3.8) is 0 Å². The van der Waals surface area contributed by atoms with Crippen molar-refractivity contribution in [2.24, 2.45) is 0 Å². The van der Waals surface area contributed by atoms with E-state index in [9.17, 15) is 5.11 Å². The van der Waals surface area contributed by atoms with E-state index in [1.165, 1.54) is 0 Å². The van der Waals surface area contributed by atoms with Crippen LogP contribution in [-0.2, 0) is 6.54 Å². The summed E-state index contributed by atoms with van der Waals surface area (Å²) in [6.07, 6.45) is 0. The topological polar surface area (TPSA) is 83.1 Å². The predicted octanol–water partition coefficient (Wildman–Crippen LogP) is 2.28. The van der Waals surface area contributed by atoms with Crippen LogP contribution in [0.4, 0.5) is 5.69 Å². The van der Waals surface area contributed by atoms with E-state index in [0.29, 0.717) is 18.1 Å². The lowest BCUT2D eigenvalue weighted by atomic mass is 10.3. The highest BCUT2D eigenvalue weighted by Crippen LogP contribution is 2.16. The van der Waals surface area contributed by atoms with Gasteiger partial charge in [0.2, 0.25) is 5.88 Å². The van der Waals surface area contributed by atoms with Gasteiger partial charge in [0.25, 0.3) is 0 Å². The largest absolute Gasteiger partial charge is 0.508 e. The maximum atomic E-state index is 9.22. The van der Waals surface area contributed by atoms with Crippen molar-refractivity contribution >= 4 is 16.9 Å². The van der Waals surface area contributed by atoms with Crippen molar-refractivity contribution in [3.05, 3.63) is 42.2 Å². The van der Waals surface area contributed by atoms with E-state index in [-0.39, 0.29) is 5.75 Å². The van der Waals surface area contributed by atoms with E-state index in [0.717, 1.165) is 17.0 Å². The van der Waals surface area contributed by atoms with Crippen LogP contribution in [0.3, 0.4) is 0 Å². The standard InChI is InChI=1S/C14H14N4O2/c1-20-13-7-6-11-14(18-13)17-12(16-11)8-15-9-2-4-10(19)5-3-9/h2-7,15,19H,8H2,1H3,(H,16,17,18). The third kappa shape index (κ3) is 2.49. The number of aromatic nitrogens is 3. The smallest absolute Gasteiger partial charge is 0.215 e. The molecule has 0 atom stereocenters. The number of pyridine rings is 1. The fraction of sp³-hybridized carbons (Fsp3) is 0.143. The van der Waals surface area contributed by atoms with Crippen molar-refractivity contribution in [3.8, 4) is 11.6 Å². The van der Waals surface area contributed by atoms with Gasteiger partial charge in [0.15, 0.2) is 5.65 Å². The Hall–Kier alpha value is -2.76. The number of aromatic hydroxyl groups is 1. The minimum absolute atomic E-state index is 0.246. The number of aromatic amines is 1. The van der Waals surface area contributed by atoms with E-state index in [1.54, 1.807) is 37.4 Å². The normalized spacial score (nSPS) is 10.7. The van der Waals surface area contributed by atoms with E-state index in [2.05, 4.69) is 20.3 Å². The molecule has 6 heteroatoms. The Balaban J connectivity index is 1.75. The molecule has 0 bridgehead atoms. The minimum atomic E-state index is 0.246. The molecule has 2 heterocycles. The maximum absolute atomic E-state index is 9.22. The van der Waals surface area contributed by atoms with E-state index in [4.69, 9.17) is 4.74 Å². The fourth-order valence-electron chi connectivity index (χ4n) is 1.89. The number of imidazole rings is 1. The number of anilines is 1. The molecule has 102 valence electrons. The van der Waals surface area contributed by atoms with Crippen LogP contribution in [0, 0.1) is 0 Å². The molecular weight excluding hydrogens is 256 g/mol. The summed E-state index contributed by atoms with van der Waals surface area (Å²) in [5.41, 5.74) is 2.41. The monoisotopic (exact) mass is 270 g/mol. The summed E-state index contributed by atoms with van der Waals surface area (Å²) >= 11 is 0. The summed E-state index contributed by atoms with van der Waals surface area (Å²) < 4.78 is 5.07. The number of fused-ring (bicyclic) bond motifs is 1. The first-order valence-electron chi connectivity index (χ1n) is 6.17. The number of nitrogens with one attached hydrogen (secondary N) is 2. The molecule has 2 aromatic heterocycles. The van der Waals surface area contributed by atoms with Gasteiger partial charge < -0.3 is 20.1 Å². The van der Waals surface area contributed by atoms with Crippen LogP contribution >= 0.6 is 0 Å². The number of H-pyrrole nitrogens is 1. The molecule has 0 aliphatic heterocycles. The van der Waals surface area contributed by atoms with Gasteiger partial charge in [-0.05, 0) is 30.3 Å². The molecule has 3 N–H and O–H groups in total. The number of hydrogen-bond donors (Lipinski definition) is 3. The van der Waals surface area contributed by atoms with Gasteiger partial charge in [-0.1, -0.05) is 0 Å². The van der Waals surface area contributed by atoms with Crippen molar-refractivity contribution in [2.75, 3.05) is 12.4 Å². The first kappa shape index (κ1) is 12.3. The van der Waals surface area contributed by atoms with Gasteiger partial charge in [-0.15, -0.1) is 0 Å². The molecule has 1 aromatic carbocycles. The van der Waals surface area contributed by atoms with Crippen molar-refractivity contribution in [1.29, 1.82) is 0 Å². The van der Waals surface area contributed by atoms with Crippen molar-refractivity contribution in [1.82, 2.24) is 15.0 Å². The highest BCUT2D eigenvalue weighted by molar-refractivity contribution is 5.71. The molecular formula is C14H14N4O2. The van der Waals surface area contributed by atoms with Crippen molar-refractivity contribution in [2.45, 2.75) is 6.54 Å². The summed E-state index contributed by atoms with van der Waals surface area (Å²) in [7, 11) is 1.58. The van der Waals surface area contributed by atoms with Gasteiger partial charge in [-0.25, -0.2) is 4.98 Å². The number of rotatable bonds is 4. The molecule has 0 spiro atoms. The van der Waals surface area contributed by atoms with Crippen LogP contribution in [0.25, 0.3) is 11.2 Å². The van der Waals surface area contributed by atoms with Crippen molar-refractivity contribution < 1.29 is 9.84 Å². The van der Waals surface area contributed by atoms with Gasteiger partial charge in [0.05, 0.1) is 19.2 Å². The quantitative estimate of drug-likeness (QED) is 0.633. The molecule has 6 nitrogen and oxygen atoms in total. The number of phenols is 1. The van der Waals surface area contributed by atoms with Crippen LogP contribution in [0.5, 0.6) is 11.6 Å². The number of nitrogens with zero attached hydrogens (tertiary/aromatic N) is 2. The first-order valence-corrected chi connectivity index (χ1v) is 6.17. The third-order valence-electron chi connectivity index (χ3n) is 2.91. The highest BCUT2D eigenvalue weighted by atomic mass is 16.5. The van der Waals surface area contributed by atoms with E-state index < -0.39 is 0 Å². The molecule has 0 aliphatic rings. The fourth-order valence-corrected chi connectivity index (χ4v) is 1.89. The Morgan fingerprint density at radius 3 is 2.70 bits per heavy atom. The van der Waals surface area contributed by atoms with Crippen LogP contribution in [-0.4, -0.2) is 27.2 Å². The Labute approximate surface area is 115 Å². The number of phenolic OH excluding ortho intramolecular Hbond substituents is 1. The number of benzene rings is 1. The zero-order valence-electron chi connectivity index (χ0n) is 10.9. The van der Waals surface area contributed by atoms with Gasteiger partial charge in [-0.2, -0.15) is 4.98 Å². The molecule has 0 fully saturated rings. The summed E-state index contributed by atoms with van der Waals surface area (Å²) in [4.78, 5) is 11.8. The van der Waals surface area contributed by atoms with E-state index >= 15 is 0 Å². The second-order valence-corrected chi connectivity index (χ2v) is 4.31. The third-order valence-corrected chi connectivity index (χ3v) is 2.91. The zero-order chi connectivity index (χ0) is 13.9. The van der Waals surface area contributed by atoms with Crippen LogP contribution in [0.15, 0.2) is 36.4 Å². The Morgan fingerprint density at radius 1 is 1.15 bits per heavy atom. The zero-order valence-corrected chi connectivity index (χ0v) is 10.9. The van der Waals surface area contributed by atoms with Crippen LogP contribution in [0.1, 0.15) is 5.82 Å². The number of hydrogen-bond acceptors (Lipinski definition) is 5. The summed E-state index contributed by atoms with van der Waals surface area (Å²) in [5, 5.41) is 12.4. The molecule has 0 saturated carbocycles. The number of methoxy groups -OCH3 is 1. The van der Waals surface area contributed by atoms with Gasteiger partial charge in [0, 0.05) is 11.8 Å². The van der Waals surface area contributed by atoms with E-state index in [1.807, 2.05) is 6.07 Å². The Kier molecular flexibility index (Phi) is 3.12. The summed E-state index contributed by atoms with van der Waals surface area (Å²) in [6, 6.07) is 10.6. The lowest BCUT2D eigenvalue weighted by Gasteiger charge is -2.03. The summed E-state index contributed by atoms with van der Waals surface area (Å²) in [5.74, 6) is 1.58. The minimum Gasteiger partial charge on any atom is -0.508 e.